The number of aromatic nitrogens is 1. The highest BCUT2D eigenvalue weighted by atomic mass is 16.2. The third-order valence-corrected chi connectivity index (χ3v) is 2.61. The Morgan fingerprint density at radius 3 is 2.69 bits per heavy atom. The highest BCUT2D eigenvalue weighted by Crippen LogP contribution is 2.03. The number of unbranched alkanes of at least 4 members (excludes halogenated alkanes) is 3. The second-order valence-corrected chi connectivity index (χ2v) is 4.20. The predicted octanol–water partition coefficient (Wildman–Crippen LogP) is 2.07. The minimum absolute atomic E-state index is 0.323. The van der Waals surface area contributed by atoms with Gasteiger partial charge in [-0.3, -0.25) is 4.98 Å². The molecule has 3 nitrogen and oxygen atoms in total. The highest BCUT2D eigenvalue weighted by Gasteiger charge is 2.00. The Bertz CT molecular complexity index is 264. The van der Waals surface area contributed by atoms with Crippen molar-refractivity contribution in [3.63, 3.8) is 0 Å². The van der Waals surface area contributed by atoms with Crippen molar-refractivity contribution in [3.05, 3.63) is 30.1 Å². The zero-order valence-corrected chi connectivity index (χ0v) is 10.1. The number of hydrogen-bond acceptors (Lipinski definition) is 3. The summed E-state index contributed by atoms with van der Waals surface area (Å²) in [4.78, 5) is 6.59. The molecule has 0 aliphatic heterocycles. The van der Waals surface area contributed by atoms with E-state index in [2.05, 4.69) is 23.0 Å². The van der Waals surface area contributed by atoms with E-state index in [-0.39, 0.29) is 0 Å². The summed E-state index contributed by atoms with van der Waals surface area (Å²) in [5.74, 6) is 0. The molecule has 1 aromatic rings. The Morgan fingerprint density at radius 2 is 2.00 bits per heavy atom. The molecule has 0 atom stereocenters. The number of aliphatic hydroxyl groups is 1. The Hall–Kier alpha value is -0.930. The van der Waals surface area contributed by atoms with Crippen LogP contribution in [0.2, 0.25) is 0 Å². The maximum absolute atomic E-state index is 8.65. The standard InChI is InChI=1S/C13H22N2O/c1-15(10-6-2-3-7-11-16)12-13-8-4-5-9-14-13/h4-5,8-9,16H,2-3,6-7,10-12H2,1H3. The van der Waals surface area contributed by atoms with E-state index >= 15 is 0 Å². The predicted molar refractivity (Wildman–Crippen MR) is 66.1 cm³/mol. The summed E-state index contributed by atoms with van der Waals surface area (Å²) in [6.07, 6.45) is 6.30. The third kappa shape index (κ3) is 5.83. The van der Waals surface area contributed by atoms with Crippen molar-refractivity contribution < 1.29 is 5.11 Å². The van der Waals surface area contributed by atoms with Gasteiger partial charge in [0.2, 0.25) is 0 Å². The molecule has 3 heteroatoms. The van der Waals surface area contributed by atoms with E-state index in [9.17, 15) is 0 Å². The topological polar surface area (TPSA) is 36.4 Å². The van der Waals surface area contributed by atoms with Gasteiger partial charge in [0, 0.05) is 19.3 Å². The Kier molecular flexibility index (Phi) is 6.77. The molecule has 0 aromatic carbocycles. The first-order valence-electron chi connectivity index (χ1n) is 6.02. The van der Waals surface area contributed by atoms with Gasteiger partial charge in [-0.1, -0.05) is 18.9 Å². The maximum Gasteiger partial charge on any atom is 0.0543 e. The summed E-state index contributed by atoms with van der Waals surface area (Å²) in [6, 6.07) is 6.03. The second kappa shape index (κ2) is 8.25. The lowest BCUT2D eigenvalue weighted by atomic mass is 10.2. The first kappa shape index (κ1) is 13.1. The summed E-state index contributed by atoms with van der Waals surface area (Å²) in [5, 5.41) is 8.65. The number of pyridine rings is 1. The van der Waals surface area contributed by atoms with Crippen LogP contribution in [0.4, 0.5) is 0 Å². The van der Waals surface area contributed by atoms with Gasteiger partial charge in [0.1, 0.15) is 0 Å². The lowest BCUT2D eigenvalue weighted by Gasteiger charge is -2.15. The maximum atomic E-state index is 8.65. The van der Waals surface area contributed by atoms with Crippen molar-refractivity contribution in [3.8, 4) is 0 Å². The van der Waals surface area contributed by atoms with Gasteiger partial charge < -0.3 is 10.0 Å². The van der Waals surface area contributed by atoms with E-state index in [1.54, 1.807) is 0 Å². The molecule has 0 amide bonds. The van der Waals surface area contributed by atoms with Crippen LogP contribution in [0.3, 0.4) is 0 Å². The molecular formula is C13H22N2O. The fraction of sp³-hybridized carbons (Fsp3) is 0.615. The average molecular weight is 222 g/mol. The first-order chi connectivity index (χ1) is 7.83. The first-order valence-corrected chi connectivity index (χ1v) is 6.02. The van der Waals surface area contributed by atoms with Crippen LogP contribution < -0.4 is 0 Å². The molecule has 0 bridgehead atoms. The smallest absolute Gasteiger partial charge is 0.0543 e. The Labute approximate surface area is 98.1 Å². The van der Waals surface area contributed by atoms with E-state index in [1.165, 1.54) is 12.8 Å². The monoisotopic (exact) mass is 222 g/mol. The molecule has 1 aromatic heterocycles. The van der Waals surface area contributed by atoms with Gasteiger partial charge in [0.05, 0.1) is 5.69 Å². The highest BCUT2D eigenvalue weighted by molar-refractivity contribution is 5.02. The molecule has 0 radical (unpaired) electrons. The van der Waals surface area contributed by atoms with Crippen LogP contribution in [0.15, 0.2) is 24.4 Å². The lowest BCUT2D eigenvalue weighted by molar-refractivity contribution is 0.276. The second-order valence-electron chi connectivity index (χ2n) is 4.20. The molecule has 0 unspecified atom stereocenters. The van der Waals surface area contributed by atoms with Crippen molar-refractivity contribution in [1.82, 2.24) is 9.88 Å². The summed E-state index contributed by atoms with van der Waals surface area (Å²) in [5.41, 5.74) is 1.13. The molecule has 0 saturated carbocycles. The van der Waals surface area contributed by atoms with E-state index in [4.69, 9.17) is 5.11 Å². The molecule has 90 valence electrons. The average Bonchev–Trinajstić information content (AvgIpc) is 2.30. The third-order valence-electron chi connectivity index (χ3n) is 2.61. The molecule has 1 heterocycles. The van der Waals surface area contributed by atoms with Gasteiger partial charge in [0.15, 0.2) is 0 Å². The Balaban J connectivity index is 2.09. The van der Waals surface area contributed by atoms with E-state index in [0.717, 1.165) is 31.6 Å². The van der Waals surface area contributed by atoms with Gasteiger partial charge in [-0.05, 0) is 38.6 Å². The van der Waals surface area contributed by atoms with Gasteiger partial charge in [-0.15, -0.1) is 0 Å². The molecule has 0 aliphatic rings. The Morgan fingerprint density at radius 1 is 1.19 bits per heavy atom. The number of rotatable bonds is 8. The van der Waals surface area contributed by atoms with Crippen molar-refractivity contribution >= 4 is 0 Å². The molecular weight excluding hydrogens is 200 g/mol. The number of hydrogen-bond donors (Lipinski definition) is 1. The van der Waals surface area contributed by atoms with Crippen molar-refractivity contribution in [2.75, 3.05) is 20.2 Å². The number of aliphatic hydroxyl groups excluding tert-OH is 1. The van der Waals surface area contributed by atoms with Crippen LogP contribution >= 0.6 is 0 Å². The van der Waals surface area contributed by atoms with Crippen LogP contribution in [-0.2, 0) is 6.54 Å². The minimum atomic E-state index is 0.323. The van der Waals surface area contributed by atoms with Crippen LogP contribution in [-0.4, -0.2) is 35.2 Å². The normalized spacial score (nSPS) is 10.9. The van der Waals surface area contributed by atoms with Crippen LogP contribution in [0.25, 0.3) is 0 Å². The van der Waals surface area contributed by atoms with E-state index in [1.807, 2.05) is 18.3 Å². The van der Waals surface area contributed by atoms with Crippen LogP contribution in [0.5, 0.6) is 0 Å². The molecule has 1 N–H and O–H groups in total. The zero-order valence-electron chi connectivity index (χ0n) is 10.1. The van der Waals surface area contributed by atoms with Crippen molar-refractivity contribution in [1.29, 1.82) is 0 Å². The molecule has 0 aliphatic carbocycles. The van der Waals surface area contributed by atoms with Gasteiger partial charge >= 0.3 is 0 Å². The SMILES string of the molecule is CN(CCCCCCO)Cc1ccccn1. The lowest BCUT2D eigenvalue weighted by Crippen LogP contribution is -2.19. The summed E-state index contributed by atoms with van der Waals surface area (Å²) < 4.78 is 0. The van der Waals surface area contributed by atoms with Crippen LogP contribution in [0.1, 0.15) is 31.4 Å². The van der Waals surface area contributed by atoms with Crippen LogP contribution in [0, 0.1) is 0 Å². The molecule has 16 heavy (non-hydrogen) atoms. The fourth-order valence-corrected chi connectivity index (χ4v) is 1.69. The fourth-order valence-electron chi connectivity index (χ4n) is 1.69. The van der Waals surface area contributed by atoms with Crippen molar-refractivity contribution in [2.24, 2.45) is 0 Å². The quantitative estimate of drug-likeness (QED) is 0.684. The summed E-state index contributed by atoms with van der Waals surface area (Å²) >= 11 is 0. The van der Waals surface area contributed by atoms with Crippen molar-refractivity contribution in [2.45, 2.75) is 32.2 Å². The van der Waals surface area contributed by atoms with Gasteiger partial charge in [-0.25, -0.2) is 0 Å². The number of nitrogens with zero attached hydrogens (tertiary/aromatic N) is 2. The van der Waals surface area contributed by atoms with E-state index in [0.29, 0.717) is 6.61 Å². The largest absolute Gasteiger partial charge is 0.396 e. The van der Waals surface area contributed by atoms with Gasteiger partial charge in [-0.2, -0.15) is 0 Å². The molecule has 1 rings (SSSR count). The molecule has 0 saturated heterocycles. The molecule has 0 spiro atoms. The zero-order chi connectivity index (χ0) is 11.6. The minimum Gasteiger partial charge on any atom is -0.396 e. The molecule has 0 fully saturated rings. The van der Waals surface area contributed by atoms with Gasteiger partial charge in [0.25, 0.3) is 0 Å². The summed E-state index contributed by atoms with van der Waals surface area (Å²) in [6.45, 7) is 2.34. The van der Waals surface area contributed by atoms with E-state index < -0.39 is 0 Å². The summed E-state index contributed by atoms with van der Waals surface area (Å²) in [7, 11) is 2.13.